The van der Waals surface area contributed by atoms with Gasteiger partial charge >= 0.3 is 0 Å². The molecule has 0 amide bonds. The van der Waals surface area contributed by atoms with Crippen molar-refractivity contribution >= 4 is 0 Å². The van der Waals surface area contributed by atoms with Gasteiger partial charge in [-0.1, -0.05) is 111 Å². The number of rotatable bonds is 4. The van der Waals surface area contributed by atoms with Crippen LogP contribution in [-0.4, -0.2) is 0 Å². The Kier molecular flexibility index (Phi) is 5.40. The van der Waals surface area contributed by atoms with Crippen LogP contribution in [0.1, 0.15) is 66.7 Å². The molecule has 0 atom stereocenters. The molecule has 3 aromatic carbocycles. The van der Waals surface area contributed by atoms with Crippen LogP contribution in [-0.2, 0) is 5.54 Å². The van der Waals surface area contributed by atoms with Crippen molar-refractivity contribution in [2.24, 2.45) is 5.73 Å². The zero-order valence-electron chi connectivity index (χ0n) is 16.0. The maximum absolute atomic E-state index is 7.12. The molecule has 27 heavy (non-hydrogen) atoms. The minimum absolute atomic E-state index is 0.634. The fourth-order valence-electron chi connectivity index (χ4n) is 4.53. The highest BCUT2D eigenvalue weighted by atomic mass is 14.7. The lowest BCUT2D eigenvalue weighted by Gasteiger charge is -2.32. The number of hydrogen-bond donors (Lipinski definition) is 1. The van der Waals surface area contributed by atoms with Crippen LogP contribution in [0.2, 0.25) is 0 Å². The third kappa shape index (κ3) is 3.70. The van der Waals surface area contributed by atoms with E-state index in [1.54, 1.807) is 0 Å². The first-order chi connectivity index (χ1) is 13.3. The Bertz CT molecular complexity index is 789. The van der Waals surface area contributed by atoms with Gasteiger partial charge in [0.15, 0.2) is 0 Å². The van der Waals surface area contributed by atoms with Crippen molar-refractivity contribution in [1.29, 1.82) is 0 Å². The molecule has 0 spiro atoms. The van der Waals surface area contributed by atoms with Crippen LogP contribution in [0.5, 0.6) is 0 Å². The molecule has 0 radical (unpaired) electrons. The molecule has 1 heteroatoms. The molecule has 0 unspecified atom stereocenters. The van der Waals surface area contributed by atoms with Crippen LogP contribution in [0.3, 0.4) is 0 Å². The van der Waals surface area contributed by atoms with Crippen molar-refractivity contribution in [3.05, 3.63) is 107 Å². The fourth-order valence-corrected chi connectivity index (χ4v) is 4.53. The Morgan fingerprint density at radius 1 is 0.556 bits per heavy atom. The zero-order chi connectivity index (χ0) is 18.5. The molecule has 1 fully saturated rings. The van der Waals surface area contributed by atoms with Crippen molar-refractivity contribution in [3.63, 3.8) is 0 Å². The van der Waals surface area contributed by atoms with Gasteiger partial charge in [-0.15, -0.1) is 0 Å². The summed E-state index contributed by atoms with van der Waals surface area (Å²) >= 11 is 0. The van der Waals surface area contributed by atoms with E-state index in [1.807, 2.05) is 12.1 Å². The summed E-state index contributed by atoms with van der Waals surface area (Å²) in [5, 5.41) is 0. The first-order valence-corrected chi connectivity index (χ1v) is 10.3. The second kappa shape index (κ2) is 8.10. The second-order valence-corrected chi connectivity index (χ2v) is 7.85. The second-order valence-electron chi connectivity index (χ2n) is 7.85. The predicted octanol–water partition coefficient (Wildman–Crippen LogP) is 6.38. The van der Waals surface area contributed by atoms with Crippen LogP contribution >= 0.6 is 0 Å². The Balaban J connectivity index is 1.73. The molecule has 0 bridgehead atoms. The minimum Gasteiger partial charge on any atom is -0.314 e. The standard InChI is InChI=1S/C26H29N/c27-26(23-13-7-3-8-14-23,24-15-9-4-10-16-24)25-19-17-22(18-20-25)21-11-5-1-2-6-12-21/h3-4,7-10,13-21H,1-2,5-6,11-12,27H2. The summed E-state index contributed by atoms with van der Waals surface area (Å²) in [7, 11) is 0. The maximum atomic E-state index is 7.12. The monoisotopic (exact) mass is 355 g/mol. The molecule has 1 nitrogen and oxygen atoms in total. The van der Waals surface area contributed by atoms with Crippen molar-refractivity contribution in [2.75, 3.05) is 0 Å². The minimum atomic E-state index is -0.634. The predicted molar refractivity (Wildman–Crippen MR) is 114 cm³/mol. The molecule has 4 rings (SSSR count). The van der Waals surface area contributed by atoms with Crippen LogP contribution in [0.25, 0.3) is 0 Å². The highest BCUT2D eigenvalue weighted by Crippen LogP contribution is 2.36. The number of hydrogen-bond acceptors (Lipinski definition) is 1. The van der Waals surface area contributed by atoms with Gasteiger partial charge in [-0.25, -0.2) is 0 Å². The van der Waals surface area contributed by atoms with E-state index < -0.39 is 5.54 Å². The van der Waals surface area contributed by atoms with Gasteiger partial charge in [-0.2, -0.15) is 0 Å². The van der Waals surface area contributed by atoms with Gasteiger partial charge in [0.1, 0.15) is 0 Å². The Morgan fingerprint density at radius 3 is 1.48 bits per heavy atom. The lowest BCUT2D eigenvalue weighted by molar-refractivity contribution is 0.590. The highest BCUT2D eigenvalue weighted by molar-refractivity contribution is 5.49. The number of nitrogens with two attached hydrogens (primary N) is 1. The summed E-state index contributed by atoms with van der Waals surface area (Å²) < 4.78 is 0. The van der Waals surface area contributed by atoms with Crippen LogP contribution < -0.4 is 5.73 Å². The average Bonchev–Trinajstić information content (AvgIpc) is 3.04. The van der Waals surface area contributed by atoms with E-state index in [9.17, 15) is 0 Å². The Labute approximate surface area is 163 Å². The van der Waals surface area contributed by atoms with E-state index in [4.69, 9.17) is 5.73 Å². The first-order valence-electron chi connectivity index (χ1n) is 10.3. The molecule has 0 aliphatic heterocycles. The summed E-state index contributed by atoms with van der Waals surface area (Å²) in [6.45, 7) is 0. The molecule has 2 N–H and O–H groups in total. The molecule has 1 aliphatic carbocycles. The van der Waals surface area contributed by atoms with Crippen LogP contribution in [0.15, 0.2) is 84.9 Å². The van der Waals surface area contributed by atoms with Gasteiger partial charge < -0.3 is 5.73 Å². The van der Waals surface area contributed by atoms with E-state index in [-0.39, 0.29) is 0 Å². The summed E-state index contributed by atoms with van der Waals surface area (Å²) in [6.07, 6.45) is 8.16. The van der Waals surface area contributed by atoms with E-state index in [0.717, 1.165) is 16.7 Å². The third-order valence-electron chi connectivity index (χ3n) is 6.15. The van der Waals surface area contributed by atoms with Crippen molar-refractivity contribution in [1.82, 2.24) is 0 Å². The molecular formula is C26H29N. The summed E-state index contributed by atoms with van der Waals surface area (Å²) in [4.78, 5) is 0. The Morgan fingerprint density at radius 2 is 1.00 bits per heavy atom. The largest absolute Gasteiger partial charge is 0.314 e. The molecule has 0 heterocycles. The fraction of sp³-hybridized carbons (Fsp3) is 0.308. The Hall–Kier alpha value is -2.38. The molecule has 0 saturated heterocycles. The van der Waals surface area contributed by atoms with Gasteiger partial charge in [0.05, 0.1) is 5.54 Å². The normalized spacial score (nSPS) is 16.0. The van der Waals surface area contributed by atoms with Gasteiger partial charge in [0.2, 0.25) is 0 Å². The van der Waals surface area contributed by atoms with Gasteiger partial charge in [0, 0.05) is 0 Å². The molecule has 0 aromatic heterocycles. The molecule has 1 aliphatic rings. The van der Waals surface area contributed by atoms with Gasteiger partial charge in [-0.05, 0) is 41.0 Å². The lowest BCUT2D eigenvalue weighted by atomic mass is 9.77. The zero-order valence-corrected chi connectivity index (χ0v) is 16.0. The van der Waals surface area contributed by atoms with E-state index in [2.05, 4.69) is 72.8 Å². The van der Waals surface area contributed by atoms with Gasteiger partial charge in [0.25, 0.3) is 0 Å². The van der Waals surface area contributed by atoms with Crippen molar-refractivity contribution in [2.45, 2.75) is 50.0 Å². The lowest BCUT2D eigenvalue weighted by Crippen LogP contribution is -2.39. The quantitative estimate of drug-likeness (QED) is 0.427. The van der Waals surface area contributed by atoms with E-state index in [0.29, 0.717) is 5.92 Å². The van der Waals surface area contributed by atoms with E-state index >= 15 is 0 Å². The van der Waals surface area contributed by atoms with Gasteiger partial charge in [-0.3, -0.25) is 0 Å². The smallest absolute Gasteiger partial charge is 0.0922 e. The molecule has 1 saturated carbocycles. The SMILES string of the molecule is NC(c1ccccc1)(c1ccccc1)c1ccc(C2CCCCCC2)cc1. The third-order valence-corrected chi connectivity index (χ3v) is 6.15. The van der Waals surface area contributed by atoms with Crippen molar-refractivity contribution < 1.29 is 0 Å². The summed E-state index contributed by atoms with van der Waals surface area (Å²) in [5.41, 5.74) is 11.4. The number of benzene rings is 3. The highest BCUT2D eigenvalue weighted by Gasteiger charge is 2.31. The van der Waals surface area contributed by atoms with Crippen LogP contribution in [0, 0.1) is 0 Å². The van der Waals surface area contributed by atoms with Crippen molar-refractivity contribution in [3.8, 4) is 0 Å². The maximum Gasteiger partial charge on any atom is 0.0922 e. The summed E-state index contributed by atoms with van der Waals surface area (Å²) in [5.74, 6) is 0.710. The first kappa shape index (κ1) is 18.0. The van der Waals surface area contributed by atoms with Crippen LogP contribution in [0.4, 0.5) is 0 Å². The molecule has 3 aromatic rings. The molecular weight excluding hydrogens is 326 g/mol. The topological polar surface area (TPSA) is 26.0 Å². The average molecular weight is 356 g/mol. The van der Waals surface area contributed by atoms with E-state index in [1.165, 1.54) is 44.1 Å². The molecule has 138 valence electrons. The summed E-state index contributed by atoms with van der Waals surface area (Å²) in [6, 6.07) is 30.0.